The van der Waals surface area contributed by atoms with Crippen LogP contribution in [0.5, 0.6) is 11.5 Å². The highest BCUT2D eigenvalue weighted by atomic mass is 35.5. The van der Waals surface area contributed by atoms with E-state index in [1.165, 1.54) is 12.1 Å². The van der Waals surface area contributed by atoms with Crippen molar-refractivity contribution in [3.05, 3.63) is 124 Å². The van der Waals surface area contributed by atoms with Gasteiger partial charge in [0.15, 0.2) is 0 Å². The Balaban J connectivity index is 1.46. The summed E-state index contributed by atoms with van der Waals surface area (Å²) < 4.78 is 33.7. The third-order valence-corrected chi connectivity index (χ3v) is 7.45. The molecule has 1 amide bonds. The van der Waals surface area contributed by atoms with E-state index in [0.29, 0.717) is 22.7 Å². The number of rotatable bonds is 11. The normalized spacial score (nSPS) is 11.1. The van der Waals surface area contributed by atoms with Crippen LogP contribution >= 0.6 is 11.6 Å². The first-order valence-corrected chi connectivity index (χ1v) is 13.7. The average molecular weight is 566 g/mol. The minimum absolute atomic E-state index is 0.00741. The number of carbonyl (C=O) groups is 1. The number of nitro groups is 1. The zero-order valence-corrected chi connectivity index (χ0v) is 22.1. The first-order chi connectivity index (χ1) is 18.7. The first-order valence-electron chi connectivity index (χ1n) is 11.9. The fraction of sp³-hybridized carbons (Fsp3) is 0.107. The Morgan fingerprint density at radius 3 is 2.15 bits per heavy atom. The van der Waals surface area contributed by atoms with E-state index in [4.69, 9.17) is 16.3 Å². The number of sulfonamides is 1. The molecule has 0 atom stereocenters. The standard InChI is InChI=1S/C28H24ClN3O6S/c29-26-17-16-25(20-27(26)32(34)35)39(36,37)30-18-7-19-31(28(33)21-8-3-1-4-9-21)22-12-14-24(15-13-22)38-23-10-5-2-6-11-23/h1-6,8-17,20,30H,7,18-19H2. The largest absolute Gasteiger partial charge is 0.457 e. The number of nitrogens with zero attached hydrogens (tertiary/aromatic N) is 2. The van der Waals surface area contributed by atoms with Crippen LogP contribution in [0.3, 0.4) is 0 Å². The molecule has 0 spiro atoms. The molecular formula is C28H24ClN3O6S. The minimum atomic E-state index is -4.04. The summed E-state index contributed by atoms with van der Waals surface area (Å²) in [6.45, 7) is 0.197. The molecule has 11 heteroatoms. The fourth-order valence-corrected chi connectivity index (χ4v) is 5.01. The molecule has 0 aliphatic carbocycles. The zero-order valence-electron chi connectivity index (χ0n) is 20.6. The molecule has 0 aliphatic rings. The third-order valence-electron chi connectivity index (χ3n) is 5.67. The van der Waals surface area contributed by atoms with Crippen molar-refractivity contribution in [1.82, 2.24) is 4.72 Å². The molecule has 0 saturated carbocycles. The zero-order chi connectivity index (χ0) is 27.8. The second kappa shape index (κ2) is 12.5. The number of para-hydroxylation sites is 1. The van der Waals surface area contributed by atoms with Gasteiger partial charge in [-0.25, -0.2) is 13.1 Å². The Morgan fingerprint density at radius 2 is 1.51 bits per heavy atom. The van der Waals surface area contributed by atoms with E-state index in [0.717, 1.165) is 6.07 Å². The minimum Gasteiger partial charge on any atom is -0.457 e. The monoisotopic (exact) mass is 565 g/mol. The van der Waals surface area contributed by atoms with E-state index in [1.807, 2.05) is 36.4 Å². The quantitative estimate of drug-likeness (QED) is 0.134. The molecule has 0 saturated heterocycles. The van der Waals surface area contributed by atoms with Crippen LogP contribution in [-0.2, 0) is 10.0 Å². The predicted octanol–water partition coefficient (Wildman–Crippen LogP) is 6.06. The number of halogens is 1. The van der Waals surface area contributed by atoms with Gasteiger partial charge in [0, 0.05) is 30.4 Å². The van der Waals surface area contributed by atoms with Crippen LogP contribution in [0.1, 0.15) is 16.8 Å². The average Bonchev–Trinajstić information content (AvgIpc) is 2.94. The Bertz CT molecular complexity index is 1550. The first kappa shape index (κ1) is 27.8. The van der Waals surface area contributed by atoms with Crippen molar-refractivity contribution in [3.63, 3.8) is 0 Å². The number of anilines is 1. The van der Waals surface area contributed by atoms with Crippen molar-refractivity contribution in [2.45, 2.75) is 11.3 Å². The van der Waals surface area contributed by atoms with Gasteiger partial charge < -0.3 is 9.64 Å². The summed E-state index contributed by atoms with van der Waals surface area (Å²) in [5.41, 5.74) is 0.593. The Hall–Kier alpha value is -4.25. The summed E-state index contributed by atoms with van der Waals surface area (Å²) in [4.78, 5) is 25.0. The lowest BCUT2D eigenvalue weighted by atomic mass is 10.1. The molecule has 4 aromatic rings. The lowest BCUT2D eigenvalue weighted by Crippen LogP contribution is -2.34. The number of carbonyl (C=O) groups excluding carboxylic acids is 1. The van der Waals surface area contributed by atoms with Crippen LogP contribution in [0.15, 0.2) is 108 Å². The van der Waals surface area contributed by atoms with E-state index >= 15 is 0 Å². The predicted molar refractivity (Wildman–Crippen MR) is 149 cm³/mol. The topological polar surface area (TPSA) is 119 Å². The molecule has 1 N–H and O–H groups in total. The molecule has 0 bridgehead atoms. The van der Waals surface area contributed by atoms with Crippen LogP contribution in [0, 0.1) is 10.1 Å². The van der Waals surface area contributed by atoms with Gasteiger partial charge >= 0.3 is 0 Å². The lowest BCUT2D eigenvalue weighted by Gasteiger charge is -2.23. The molecule has 0 unspecified atom stereocenters. The van der Waals surface area contributed by atoms with Gasteiger partial charge in [-0.1, -0.05) is 48.0 Å². The van der Waals surface area contributed by atoms with Crippen molar-refractivity contribution >= 4 is 38.9 Å². The fourth-order valence-electron chi connectivity index (χ4n) is 3.73. The van der Waals surface area contributed by atoms with Crippen LogP contribution in [0.4, 0.5) is 11.4 Å². The number of benzene rings is 4. The molecular weight excluding hydrogens is 542 g/mol. The third kappa shape index (κ3) is 7.20. The second-order valence-corrected chi connectivity index (χ2v) is 10.5. The van der Waals surface area contributed by atoms with Crippen molar-refractivity contribution in [1.29, 1.82) is 0 Å². The molecule has 0 aliphatic heterocycles. The van der Waals surface area contributed by atoms with Crippen molar-refractivity contribution in [3.8, 4) is 11.5 Å². The highest BCUT2D eigenvalue weighted by Gasteiger charge is 2.21. The summed E-state index contributed by atoms with van der Waals surface area (Å²) in [5.74, 6) is 1.03. The van der Waals surface area contributed by atoms with E-state index in [2.05, 4.69) is 4.72 Å². The van der Waals surface area contributed by atoms with Crippen LogP contribution in [-0.4, -0.2) is 32.3 Å². The molecule has 0 aromatic heterocycles. The highest BCUT2D eigenvalue weighted by molar-refractivity contribution is 7.89. The number of nitrogens with one attached hydrogen (secondary N) is 1. The number of ether oxygens (including phenoxy) is 1. The SMILES string of the molecule is O=C(c1ccccc1)N(CCCNS(=O)(=O)c1ccc(Cl)c([N+](=O)[O-])c1)c1ccc(Oc2ccccc2)cc1. The van der Waals surface area contributed by atoms with E-state index in [1.54, 1.807) is 53.4 Å². The maximum Gasteiger partial charge on any atom is 0.289 e. The molecule has 200 valence electrons. The van der Waals surface area contributed by atoms with Gasteiger partial charge in [0.05, 0.1) is 9.82 Å². The summed E-state index contributed by atoms with van der Waals surface area (Å²) in [5, 5.41) is 11.0. The number of hydrogen-bond donors (Lipinski definition) is 1. The molecule has 0 fully saturated rings. The molecule has 39 heavy (non-hydrogen) atoms. The molecule has 9 nitrogen and oxygen atoms in total. The van der Waals surface area contributed by atoms with Crippen molar-refractivity contribution in [2.75, 3.05) is 18.0 Å². The summed E-state index contributed by atoms with van der Waals surface area (Å²) >= 11 is 5.79. The maximum atomic E-state index is 13.3. The maximum absolute atomic E-state index is 13.3. The summed E-state index contributed by atoms with van der Waals surface area (Å²) in [6.07, 6.45) is 0.274. The van der Waals surface area contributed by atoms with Crippen LogP contribution < -0.4 is 14.4 Å². The van der Waals surface area contributed by atoms with E-state index in [-0.39, 0.29) is 35.3 Å². The van der Waals surface area contributed by atoms with E-state index in [9.17, 15) is 23.3 Å². The van der Waals surface area contributed by atoms with Gasteiger partial charge in [-0.3, -0.25) is 14.9 Å². The number of amides is 1. The van der Waals surface area contributed by atoms with Crippen LogP contribution in [0.2, 0.25) is 5.02 Å². The highest BCUT2D eigenvalue weighted by Crippen LogP contribution is 2.28. The molecule has 4 aromatic carbocycles. The molecule has 4 rings (SSSR count). The number of hydrogen-bond acceptors (Lipinski definition) is 6. The van der Waals surface area contributed by atoms with Crippen LogP contribution in [0.25, 0.3) is 0 Å². The van der Waals surface area contributed by atoms with E-state index < -0.39 is 20.6 Å². The molecule has 0 heterocycles. The Morgan fingerprint density at radius 1 is 0.897 bits per heavy atom. The van der Waals surface area contributed by atoms with Gasteiger partial charge in [-0.2, -0.15) is 0 Å². The number of nitro benzene ring substituents is 1. The van der Waals surface area contributed by atoms with Gasteiger partial charge in [0.25, 0.3) is 11.6 Å². The summed E-state index contributed by atoms with van der Waals surface area (Å²) in [6, 6.07) is 28.4. The van der Waals surface area contributed by atoms with Crippen molar-refractivity contribution in [2.24, 2.45) is 0 Å². The summed E-state index contributed by atoms with van der Waals surface area (Å²) in [7, 11) is -4.04. The molecule has 0 radical (unpaired) electrons. The Labute approximate surface area is 230 Å². The second-order valence-electron chi connectivity index (χ2n) is 8.35. The van der Waals surface area contributed by atoms with Crippen molar-refractivity contribution < 1.29 is 22.9 Å². The van der Waals surface area contributed by atoms with Gasteiger partial charge in [-0.05, 0) is 67.1 Å². The Kier molecular flexibility index (Phi) is 8.92. The lowest BCUT2D eigenvalue weighted by molar-refractivity contribution is -0.384. The van der Waals surface area contributed by atoms with Gasteiger partial charge in [0.2, 0.25) is 10.0 Å². The van der Waals surface area contributed by atoms with Gasteiger partial charge in [-0.15, -0.1) is 0 Å². The smallest absolute Gasteiger partial charge is 0.289 e. The van der Waals surface area contributed by atoms with Gasteiger partial charge in [0.1, 0.15) is 16.5 Å².